The molecule has 0 atom stereocenters. The van der Waals surface area contributed by atoms with E-state index >= 15 is 0 Å². The molecule has 0 radical (unpaired) electrons. The van der Waals surface area contributed by atoms with E-state index in [-0.39, 0.29) is 6.54 Å². The summed E-state index contributed by atoms with van der Waals surface area (Å²) in [6.07, 6.45) is 0.835. The van der Waals surface area contributed by atoms with Crippen molar-refractivity contribution in [1.29, 1.82) is 0 Å². The highest BCUT2D eigenvalue weighted by Crippen LogP contribution is 2.21. The van der Waals surface area contributed by atoms with Gasteiger partial charge in [0.1, 0.15) is 4.21 Å². The molecule has 0 aliphatic carbocycles. The minimum Gasteiger partial charge on any atom is -0.377 e. The predicted octanol–water partition coefficient (Wildman–Crippen LogP) is 2.71. The summed E-state index contributed by atoms with van der Waals surface area (Å²) < 4.78 is 27.2. The third-order valence-electron chi connectivity index (χ3n) is 3.21. The maximum atomic E-state index is 12.2. The minimum atomic E-state index is -3.47. The van der Waals surface area contributed by atoms with Crippen LogP contribution in [0.15, 0.2) is 40.6 Å². The lowest BCUT2D eigenvalue weighted by Crippen LogP contribution is -2.23. The Hall–Kier alpha value is -1.81. The van der Waals surface area contributed by atoms with Crippen LogP contribution >= 0.6 is 11.3 Å². The first-order chi connectivity index (χ1) is 10.9. The number of nitrogens with one attached hydrogen (secondary N) is 1. The van der Waals surface area contributed by atoms with E-state index in [0.717, 1.165) is 22.5 Å². The van der Waals surface area contributed by atoms with Gasteiger partial charge in [0.25, 0.3) is 10.0 Å². The number of hydrogen-bond acceptors (Lipinski definition) is 4. The Bertz CT molecular complexity index is 828. The first-order valence-corrected chi connectivity index (χ1v) is 9.57. The number of rotatable bonds is 5. The van der Waals surface area contributed by atoms with E-state index in [0.29, 0.717) is 4.21 Å². The Labute approximate surface area is 142 Å². The lowest BCUT2D eigenvalue weighted by Gasteiger charge is -2.13. The molecule has 0 aliphatic rings. The van der Waals surface area contributed by atoms with Crippen LogP contribution in [0, 0.1) is 11.8 Å². The molecule has 2 rings (SSSR count). The fourth-order valence-electron chi connectivity index (χ4n) is 2.00. The first kappa shape index (κ1) is 17.5. The Kier molecular flexibility index (Phi) is 5.83. The molecule has 0 aliphatic heterocycles. The average molecular weight is 348 g/mol. The highest BCUT2D eigenvalue weighted by Gasteiger charge is 2.15. The Morgan fingerprint density at radius 2 is 1.91 bits per heavy atom. The van der Waals surface area contributed by atoms with Gasteiger partial charge >= 0.3 is 0 Å². The van der Waals surface area contributed by atoms with E-state index < -0.39 is 10.0 Å². The molecule has 0 unspecified atom stereocenters. The molecule has 1 N–H and O–H groups in total. The van der Waals surface area contributed by atoms with Crippen molar-refractivity contribution in [2.24, 2.45) is 0 Å². The van der Waals surface area contributed by atoms with Crippen molar-refractivity contribution in [3.8, 4) is 11.8 Å². The zero-order chi connectivity index (χ0) is 16.9. The molecule has 122 valence electrons. The summed E-state index contributed by atoms with van der Waals surface area (Å²) in [5, 5.41) is 0. The molecule has 0 fully saturated rings. The van der Waals surface area contributed by atoms with Gasteiger partial charge in [0.2, 0.25) is 0 Å². The fourth-order valence-corrected chi connectivity index (χ4v) is 4.27. The zero-order valence-corrected chi connectivity index (χ0v) is 15.1. The number of anilines is 1. The van der Waals surface area contributed by atoms with Crippen molar-refractivity contribution in [2.45, 2.75) is 17.6 Å². The van der Waals surface area contributed by atoms with Crippen LogP contribution in [0.4, 0.5) is 5.69 Å². The van der Waals surface area contributed by atoms with Crippen LogP contribution in [0.5, 0.6) is 0 Å². The van der Waals surface area contributed by atoms with Crippen molar-refractivity contribution < 1.29 is 8.42 Å². The monoisotopic (exact) mass is 348 g/mol. The number of para-hydroxylation sites is 1. The predicted molar refractivity (Wildman–Crippen MR) is 96.5 cm³/mol. The van der Waals surface area contributed by atoms with Crippen LogP contribution in [-0.2, 0) is 16.4 Å². The molecule has 23 heavy (non-hydrogen) atoms. The SMILES string of the molecule is CCc1ccc(S(=O)(=O)NCC#Cc2ccccc2N(C)C)s1. The molecule has 1 heterocycles. The molecule has 0 saturated carbocycles. The molecule has 0 saturated heterocycles. The highest BCUT2D eigenvalue weighted by molar-refractivity contribution is 7.91. The number of nitrogens with zero attached hydrogens (tertiary/aromatic N) is 1. The molecular weight excluding hydrogens is 328 g/mol. The molecule has 0 spiro atoms. The summed E-state index contributed by atoms with van der Waals surface area (Å²) in [6, 6.07) is 11.2. The van der Waals surface area contributed by atoms with Crippen LogP contribution in [0.25, 0.3) is 0 Å². The summed E-state index contributed by atoms with van der Waals surface area (Å²) >= 11 is 1.30. The second kappa shape index (κ2) is 7.64. The lowest BCUT2D eigenvalue weighted by atomic mass is 10.1. The summed E-state index contributed by atoms with van der Waals surface area (Å²) in [4.78, 5) is 3.03. The van der Waals surface area contributed by atoms with E-state index in [9.17, 15) is 8.42 Å². The van der Waals surface area contributed by atoms with Crippen LogP contribution in [-0.4, -0.2) is 29.1 Å². The summed E-state index contributed by atoms with van der Waals surface area (Å²) in [5.41, 5.74) is 1.88. The lowest BCUT2D eigenvalue weighted by molar-refractivity contribution is 0.588. The van der Waals surface area contributed by atoms with Gasteiger partial charge in [-0.25, -0.2) is 8.42 Å². The van der Waals surface area contributed by atoms with Crippen molar-refractivity contribution >= 4 is 27.0 Å². The van der Waals surface area contributed by atoms with Gasteiger partial charge in [-0.3, -0.25) is 0 Å². The molecule has 1 aromatic heterocycles. The number of thiophene rings is 1. The maximum Gasteiger partial charge on any atom is 0.250 e. The van der Waals surface area contributed by atoms with E-state index in [1.807, 2.05) is 56.3 Å². The van der Waals surface area contributed by atoms with Crippen LogP contribution in [0.1, 0.15) is 17.4 Å². The topological polar surface area (TPSA) is 49.4 Å². The quantitative estimate of drug-likeness (QED) is 0.845. The number of sulfonamides is 1. The fraction of sp³-hybridized carbons (Fsp3) is 0.294. The van der Waals surface area contributed by atoms with Crippen LogP contribution in [0.2, 0.25) is 0 Å². The van der Waals surface area contributed by atoms with Crippen molar-refractivity contribution in [1.82, 2.24) is 4.72 Å². The number of hydrogen-bond donors (Lipinski definition) is 1. The molecule has 0 amide bonds. The molecule has 2 aromatic rings. The molecule has 4 nitrogen and oxygen atoms in total. The van der Waals surface area contributed by atoms with Gasteiger partial charge in [-0.1, -0.05) is 30.9 Å². The Morgan fingerprint density at radius 1 is 1.17 bits per heavy atom. The molecular formula is C17H20N2O2S2. The maximum absolute atomic E-state index is 12.2. The average Bonchev–Trinajstić information content (AvgIpc) is 3.02. The van der Waals surface area contributed by atoms with E-state index in [1.165, 1.54) is 11.3 Å². The molecule has 6 heteroatoms. The summed E-state index contributed by atoms with van der Waals surface area (Å²) in [5.74, 6) is 5.90. The van der Waals surface area contributed by atoms with E-state index in [2.05, 4.69) is 16.6 Å². The van der Waals surface area contributed by atoms with Gasteiger partial charge in [0.15, 0.2) is 0 Å². The second-order valence-corrected chi connectivity index (χ2v) is 8.27. The number of benzene rings is 1. The van der Waals surface area contributed by atoms with Crippen LogP contribution < -0.4 is 9.62 Å². The van der Waals surface area contributed by atoms with E-state index in [4.69, 9.17) is 0 Å². The standard InChI is InChI=1S/C17H20N2O2S2/c1-4-15-11-12-17(22-15)23(20,21)18-13-7-9-14-8-5-6-10-16(14)19(2)3/h5-6,8,10-12,18H,4,13H2,1-3H3. The number of aryl methyl sites for hydroxylation is 1. The van der Waals surface area contributed by atoms with Crippen molar-refractivity contribution in [3.05, 3.63) is 46.8 Å². The van der Waals surface area contributed by atoms with Gasteiger partial charge in [0, 0.05) is 24.5 Å². The molecule has 0 bridgehead atoms. The summed E-state index contributed by atoms with van der Waals surface area (Å²) in [7, 11) is 0.425. The van der Waals surface area contributed by atoms with Crippen molar-refractivity contribution in [2.75, 3.05) is 25.5 Å². The summed E-state index contributed by atoms with van der Waals surface area (Å²) in [6.45, 7) is 2.09. The first-order valence-electron chi connectivity index (χ1n) is 7.27. The van der Waals surface area contributed by atoms with Gasteiger partial charge in [-0.05, 0) is 30.7 Å². The zero-order valence-electron chi connectivity index (χ0n) is 13.5. The van der Waals surface area contributed by atoms with E-state index in [1.54, 1.807) is 6.07 Å². The Morgan fingerprint density at radius 3 is 2.57 bits per heavy atom. The third-order valence-corrected chi connectivity index (χ3v) is 6.33. The van der Waals surface area contributed by atoms with Gasteiger partial charge in [0.05, 0.1) is 12.2 Å². The largest absolute Gasteiger partial charge is 0.377 e. The minimum absolute atomic E-state index is 0.0868. The third kappa shape index (κ3) is 4.58. The smallest absolute Gasteiger partial charge is 0.250 e. The Balaban J connectivity index is 2.06. The highest BCUT2D eigenvalue weighted by atomic mass is 32.2. The van der Waals surface area contributed by atoms with Crippen LogP contribution in [0.3, 0.4) is 0 Å². The normalized spacial score (nSPS) is 10.9. The van der Waals surface area contributed by atoms with Gasteiger partial charge < -0.3 is 4.90 Å². The van der Waals surface area contributed by atoms with Crippen molar-refractivity contribution in [3.63, 3.8) is 0 Å². The van der Waals surface area contributed by atoms with Gasteiger partial charge in [-0.15, -0.1) is 11.3 Å². The van der Waals surface area contributed by atoms with Gasteiger partial charge in [-0.2, -0.15) is 4.72 Å². The molecule has 1 aromatic carbocycles. The second-order valence-electron chi connectivity index (χ2n) is 5.11.